The molecule has 0 bridgehead atoms. The van der Waals surface area contributed by atoms with Crippen LogP contribution in [-0.2, 0) is 14.8 Å². The lowest BCUT2D eigenvalue weighted by molar-refractivity contribution is -0.123. The van der Waals surface area contributed by atoms with E-state index < -0.39 is 10.0 Å². The van der Waals surface area contributed by atoms with Gasteiger partial charge < -0.3 is 4.90 Å². The summed E-state index contributed by atoms with van der Waals surface area (Å²) in [6.45, 7) is 0. The van der Waals surface area contributed by atoms with Crippen molar-refractivity contribution in [1.29, 1.82) is 0 Å². The number of carbonyl (C=O) groups is 1. The van der Waals surface area contributed by atoms with Gasteiger partial charge in [0.05, 0.1) is 4.91 Å². The van der Waals surface area contributed by atoms with E-state index in [-0.39, 0.29) is 21.0 Å². The number of amidine groups is 1. The van der Waals surface area contributed by atoms with Crippen molar-refractivity contribution in [3.8, 4) is 0 Å². The monoisotopic (exact) mass is 444 g/mol. The number of nitrogens with one attached hydrogen (secondary N) is 1. The molecular formula is C19H16N4O3S3. The second-order valence-corrected chi connectivity index (χ2v) is 9.77. The van der Waals surface area contributed by atoms with Gasteiger partial charge in [-0.05, 0) is 48.1 Å². The van der Waals surface area contributed by atoms with Crippen molar-refractivity contribution in [2.24, 2.45) is 4.40 Å². The largest absolute Gasteiger partial charge is 0.378 e. The number of nitrogens with zero attached hydrogens (tertiary/aromatic N) is 3. The maximum absolute atomic E-state index is 12.8. The molecule has 4 rings (SSSR count). The van der Waals surface area contributed by atoms with Crippen LogP contribution >= 0.6 is 24.0 Å². The summed E-state index contributed by atoms with van der Waals surface area (Å²) >= 11 is 6.45. The zero-order valence-electron chi connectivity index (χ0n) is 15.5. The first-order valence-corrected chi connectivity index (χ1v) is 11.2. The molecule has 1 saturated heterocycles. The molecule has 7 nitrogen and oxygen atoms in total. The summed E-state index contributed by atoms with van der Waals surface area (Å²) in [5, 5.41) is 1.15. The number of hydrogen-bond donors (Lipinski definition) is 1. The summed E-state index contributed by atoms with van der Waals surface area (Å²) in [5.74, 6) is -0.283. The van der Waals surface area contributed by atoms with Crippen LogP contribution in [0.3, 0.4) is 0 Å². The summed E-state index contributed by atoms with van der Waals surface area (Å²) in [6.07, 6.45) is 1.75. The SMILES string of the molecule is CN(C)c1ccc(/C=C2/SC(=S)N(NC3=NS(=O)(=O)c4ccccc43)C2=O)cc1. The molecule has 0 aromatic heterocycles. The van der Waals surface area contributed by atoms with E-state index >= 15 is 0 Å². The van der Waals surface area contributed by atoms with Gasteiger partial charge in [0.2, 0.25) is 0 Å². The maximum Gasteiger partial charge on any atom is 0.285 e. The quantitative estimate of drug-likeness (QED) is 0.576. The Balaban J connectivity index is 1.58. The Morgan fingerprint density at radius 3 is 2.52 bits per heavy atom. The maximum atomic E-state index is 12.8. The zero-order chi connectivity index (χ0) is 20.8. The lowest BCUT2D eigenvalue weighted by Crippen LogP contribution is -2.44. The number of benzene rings is 2. The highest BCUT2D eigenvalue weighted by atomic mass is 32.2. The lowest BCUT2D eigenvalue weighted by Gasteiger charge is -2.16. The van der Waals surface area contributed by atoms with Gasteiger partial charge in [-0.3, -0.25) is 10.2 Å². The number of rotatable bonds is 3. The van der Waals surface area contributed by atoms with Gasteiger partial charge in [-0.25, -0.2) is 0 Å². The number of sulfonamides is 1. The van der Waals surface area contributed by atoms with Gasteiger partial charge in [0.25, 0.3) is 15.9 Å². The predicted molar refractivity (Wildman–Crippen MR) is 119 cm³/mol. The molecular weight excluding hydrogens is 428 g/mol. The highest BCUT2D eigenvalue weighted by Crippen LogP contribution is 2.33. The van der Waals surface area contributed by atoms with E-state index in [1.807, 2.05) is 43.3 Å². The number of anilines is 1. The van der Waals surface area contributed by atoms with Crippen molar-refractivity contribution in [2.75, 3.05) is 19.0 Å². The Hall–Kier alpha value is -2.69. The van der Waals surface area contributed by atoms with Crippen LogP contribution in [-0.4, -0.2) is 43.6 Å². The van der Waals surface area contributed by atoms with E-state index in [4.69, 9.17) is 12.2 Å². The average Bonchev–Trinajstić information content (AvgIpc) is 3.10. The molecule has 0 unspecified atom stereocenters. The van der Waals surface area contributed by atoms with E-state index in [1.165, 1.54) is 6.07 Å². The van der Waals surface area contributed by atoms with Gasteiger partial charge in [0.15, 0.2) is 10.2 Å². The molecule has 0 spiro atoms. The fraction of sp³-hybridized carbons (Fsp3) is 0.105. The van der Waals surface area contributed by atoms with Crippen LogP contribution < -0.4 is 10.3 Å². The fourth-order valence-corrected chi connectivity index (χ4v) is 5.23. The summed E-state index contributed by atoms with van der Waals surface area (Å²) < 4.78 is 28.4. The van der Waals surface area contributed by atoms with Crippen molar-refractivity contribution in [2.45, 2.75) is 4.90 Å². The molecule has 148 valence electrons. The van der Waals surface area contributed by atoms with E-state index in [1.54, 1.807) is 24.3 Å². The van der Waals surface area contributed by atoms with Crippen LogP contribution in [0.4, 0.5) is 5.69 Å². The molecule has 2 aromatic rings. The number of thioether (sulfide) groups is 1. The highest BCUT2D eigenvalue weighted by Gasteiger charge is 2.36. The molecule has 29 heavy (non-hydrogen) atoms. The first kappa shape index (κ1) is 19.6. The van der Waals surface area contributed by atoms with E-state index in [2.05, 4.69) is 9.82 Å². The number of hydrogen-bond acceptors (Lipinski definition) is 7. The third-order valence-corrected chi connectivity index (χ3v) is 6.99. The Labute approximate surface area is 178 Å². The Bertz CT molecular complexity index is 1190. The van der Waals surface area contributed by atoms with Gasteiger partial charge in [-0.15, -0.1) is 4.40 Å². The van der Waals surface area contributed by atoms with Crippen LogP contribution in [0.1, 0.15) is 11.1 Å². The van der Waals surface area contributed by atoms with E-state index in [0.29, 0.717) is 10.5 Å². The van der Waals surface area contributed by atoms with E-state index in [0.717, 1.165) is 28.0 Å². The fourth-order valence-electron chi connectivity index (χ4n) is 2.88. The number of carbonyl (C=O) groups excluding carboxylic acids is 1. The van der Waals surface area contributed by atoms with Crippen molar-refractivity contribution >= 4 is 61.8 Å². The topological polar surface area (TPSA) is 82.1 Å². The zero-order valence-corrected chi connectivity index (χ0v) is 17.9. The molecule has 0 radical (unpaired) electrons. The minimum Gasteiger partial charge on any atom is -0.378 e. The van der Waals surface area contributed by atoms with Crippen molar-refractivity contribution < 1.29 is 13.2 Å². The number of fused-ring (bicyclic) bond motifs is 1. The molecule has 0 atom stereocenters. The smallest absolute Gasteiger partial charge is 0.285 e. The molecule has 2 aliphatic rings. The number of hydrazine groups is 1. The molecule has 2 heterocycles. The molecule has 1 amide bonds. The van der Waals surface area contributed by atoms with Crippen molar-refractivity contribution in [3.63, 3.8) is 0 Å². The van der Waals surface area contributed by atoms with Gasteiger partial charge in [0.1, 0.15) is 4.90 Å². The van der Waals surface area contributed by atoms with Crippen LogP contribution in [0.2, 0.25) is 0 Å². The number of amides is 1. The standard InChI is InChI=1S/C19H16N4O3S3/c1-22(2)13-9-7-12(8-10-13)11-15-18(24)23(19(27)28-15)20-17-14-5-3-4-6-16(14)29(25,26)21-17/h3-11H,1-2H3,(H,20,21)/b15-11+. The number of thiocarbonyl (C=S) groups is 1. The van der Waals surface area contributed by atoms with Crippen molar-refractivity contribution in [1.82, 2.24) is 10.4 Å². The minimum atomic E-state index is -3.79. The van der Waals surface area contributed by atoms with Crippen LogP contribution in [0.5, 0.6) is 0 Å². The van der Waals surface area contributed by atoms with Crippen LogP contribution in [0.15, 0.2) is 62.7 Å². The molecule has 2 aliphatic heterocycles. The van der Waals surface area contributed by atoms with Gasteiger partial charge >= 0.3 is 0 Å². The highest BCUT2D eigenvalue weighted by molar-refractivity contribution is 8.26. The Morgan fingerprint density at radius 1 is 1.14 bits per heavy atom. The Morgan fingerprint density at radius 2 is 1.83 bits per heavy atom. The first-order valence-electron chi connectivity index (χ1n) is 8.53. The minimum absolute atomic E-state index is 0.0773. The third-order valence-electron chi connectivity index (χ3n) is 4.35. The molecule has 2 aromatic carbocycles. The summed E-state index contributed by atoms with van der Waals surface area (Å²) in [6, 6.07) is 14.2. The molecule has 1 N–H and O–H groups in total. The van der Waals surface area contributed by atoms with E-state index in [9.17, 15) is 13.2 Å². The van der Waals surface area contributed by atoms with Gasteiger partial charge in [-0.2, -0.15) is 13.4 Å². The van der Waals surface area contributed by atoms with Crippen LogP contribution in [0.25, 0.3) is 6.08 Å². The summed E-state index contributed by atoms with van der Waals surface area (Å²) in [5.41, 5.74) is 5.10. The summed E-state index contributed by atoms with van der Waals surface area (Å²) in [7, 11) is 0.123. The Kier molecular flexibility index (Phi) is 4.93. The second-order valence-electron chi connectivity index (χ2n) is 6.53. The molecule has 10 heteroatoms. The van der Waals surface area contributed by atoms with Crippen LogP contribution in [0, 0.1) is 0 Å². The van der Waals surface area contributed by atoms with Gasteiger partial charge in [0, 0.05) is 25.3 Å². The molecule has 1 fully saturated rings. The third kappa shape index (κ3) is 3.66. The molecule has 0 aliphatic carbocycles. The first-order chi connectivity index (χ1) is 13.8. The lowest BCUT2D eigenvalue weighted by atomic mass is 10.2. The normalized spacial score (nSPS) is 18.8. The summed E-state index contributed by atoms with van der Waals surface area (Å²) in [4.78, 5) is 15.4. The van der Waals surface area contributed by atoms with Gasteiger partial charge in [-0.1, -0.05) is 36.0 Å². The predicted octanol–water partition coefficient (Wildman–Crippen LogP) is 2.61. The van der Waals surface area contributed by atoms with Crippen molar-refractivity contribution in [3.05, 3.63) is 64.6 Å². The second kappa shape index (κ2) is 7.29. The molecule has 0 saturated carbocycles. The average molecular weight is 445 g/mol.